The van der Waals surface area contributed by atoms with Crippen LogP contribution in [0.15, 0.2) is 36.8 Å². The minimum atomic E-state index is -0.271. The fourth-order valence-electron chi connectivity index (χ4n) is 2.84. The third kappa shape index (κ3) is 3.45. The zero-order chi connectivity index (χ0) is 17.1. The van der Waals surface area contributed by atoms with Crippen LogP contribution in [0.2, 0.25) is 0 Å². The number of nitrogens with one attached hydrogen (secondary N) is 1. The van der Waals surface area contributed by atoms with Crippen molar-refractivity contribution in [1.82, 2.24) is 25.0 Å². The third-order valence-corrected chi connectivity index (χ3v) is 4.17. The first-order chi connectivity index (χ1) is 11.5. The van der Waals surface area contributed by atoms with Crippen LogP contribution in [0, 0.1) is 5.92 Å². The van der Waals surface area contributed by atoms with Crippen LogP contribution >= 0.6 is 0 Å². The van der Waals surface area contributed by atoms with Crippen LogP contribution in [0.25, 0.3) is 5.82 Å². The molecule has 2 amide bonds. The van der Waals surface area contributed by atoms with Gasteiger partial charge in [-0.05, 0) is 37.6 Å². The number of rotatable bonds is 5. The van der Waals surface area contributed by atoms with E-state index in [-0.39, 0.29) is 23.8 Å². The van der Waals surface area contributed by atoms with Crippen molar-refractivity contribution in [2.45, 2.75) is 32.9 Å². The summed E-state index contributed by atoms with van der Waals surface area (Å²) >= 11 is 0. The Labute approximate surface area is 140 Å². The Kier molecular flexibility index (Phi) is 4.59. The van der Waals surface area contributed by atoms with E-state index in [1.165, 1.54) is 0 Å². The average Bonchev–Trinajstić information content (AvgIpc) is 3.22. The van der Waals surface area contributed by atoms with Gasteiger partial charge in [0.15, 0.2) is 5.82 Å². The maximum Gasteiger partial charge on any atom is 0.225 e. The van der Waals surface area contributed by atoms with E-state index in [0.29, 0.717) is 25.3 Å². The van der Waals surface area contributed by atoms with Gasteiger partial charge in [-0.1, -0.05) is 0 Å². The van der Waals surface area contributed by atoms with E-state index in [0.717, 1.165) is 5.56 Å². The molecule has 0 spiro atoms. The zero-order valence-electron chi connectivity index (χ0n) is 13.8. The van der Waals surface area contributed by atoms with Crippen LogP contribution in [0.3, 0.4) is 0 Å². The topological polar surface area (TPSA) is 80.1 Å². The molecule has 7 heteroatoms. The monoisotopic (exact) mass is 327 g/mol. The number of hydrogen-bond acceptors (Lipinski definition) is 4. The lowest BCUT2D eigenvalue weighted by Crippen LogP contribution is -2.35. The van der Waals surface area contributed by atoms with Gasteiger partial charge < -0.3 is 10.2 Å². The number of pyridine rings is 1. The molecule has 1 fully saturated rings. The molecule has 3 rings (SSSR count). The van der Waals surface area contributed by atoms with Crippen LogP contribution in [-0.2, 0) is 16.1 Å². The number of likely N-dealkylation sites (tertiary alicyclic amines) is 1. The van der Waals surface area contributed by atoms with E-state index < -0.39 is 0 Å². The first kappa shape index (κ1) is 16.2. The molecule has 24 heavy (non-hydrogen) atoms. The van der Waals surface area contributed by atoms with Gasteiger partial charge in [0.2, 0.25) is 11.8 Å². The number of nitrogens with zero attached hydrogens (tertiary/aromatic N) is 4. The van der Waals surface area contributed by atoms with Gasteiger partial charge in [-0.3, -0.25) is 9.59 Å². The van der Waals surface area contributed by atoms with Gasteiger partial charge in [0.25, 0.3) is 0 Å². The highest BCUT2D eigenvalue weighted by molar-refractivity contribution is 5.89. The number of amides is 2. The molecular weight excluding hydrogens is 306 g/mol. The number of carbonyl (C=O) groups excluding carboxylic acids is 2. The van der Waals surface area contributed by atoms with Gasteiger partial charge in [0.05, 0.1) is 5.92 Å². The summed E-state index contributed by atoms with van der Waals surface area (Å²) < 4.78 is 1.67. The van der Waals surface area contributed by atoms with E-state index in [1.807, 2.05) is 38.2 Å². The highest BCUT2D eigenvalue weighted by Crippen LogP contribution is 2.20. The van der Waals surface area contributed by atoms with E-state index in [1.54, 1.807) is 22.0 Å². The molecule has 0 bridgehead atoms. The second kappa shape index (κ2) is 6.82. The molecule has 1 atom stereocenters. The molecule has 2 aromatic rings. The fraction of sp³-hybridized carbons (Fsp3) is 0.412. The second-order valence-corrected chi connectivity index (χ2v) is 6.23. The summed E-state index contributed by atoms with van der Waals surface area (Å²) in [6.07, 6.45) is 5.49. The Bertz CT molecular complexity index is 726. The van der Waals surface area contributed by atoms with Crippen molar-refractivity contribution < 1.29 is 9.59 Å². The van der Waals surface area contributed by atoms with Gasteiger partial charge in [-0.2, -0.15) is 5.10 Å². The molecule has 1 N–H and O–H groups in total. The first-order valence-corrected chi connectivity index (χ1v) is 8.06. The lowest BCUT2D eigenvalue weighted by Gasteiger charge is -2.20. The second-order valence-electron chi connectivity index (χ2n) is 6.23. The molecule has 2 aromatic heterocycles. The largest absolute Gasteiger partial charge is 0.352 e. The molecule has 0 unspecified atom stereocenters. The minimum Gasteiger partial charge on any atom is -0.352 e. The Hall–Kier alpha value is -2.70. The van der Waals surface area contributed by atoms with Crippen LogP contribution in [0.1, 0.15) is 25.8 Å². The number of aromatic nitrogens is 3. The van der Waals surface area contributed by atoms with Crippen LogP contribution in [0.4, 0.5) is 0 Å². The lowest BCUT2D eigenvalue weighted by atomic mass is 10.1. The normalized spacial score (nSPS) is 17.5. The summed E-state index contributed by atoms with van der Waals surface area (Å²) in [7, 11) is 0. The Balaban J connectivity index is 1.59. The molecule has 0 aromatic carbocycles. The highest BCUT2D eigenvalue weighted by atomic mass is 16.2. The van der Waals surface area contributed by atoms with Crippen molar-refractivity contribution in [2.75, 3.05) is 6.54 Å². The van der Waals surface area contributed by atoms with E-state index in [4.69, 9.17) is 0 Å². The quantitative estimate of drug-likeness (QED) is 0.893. The minimum absolute atomic E-state index is 0.0510. The Morgan fingerprint density at radius 1 is 1.42 bits per heavy atom. The smallest absolute Gasteiger partial charge is 0.225 e. The van der Waals surface area contributed by atoms with Gasteiger partial charge in [0.1, 0.15) is 0 Å². The van der Waals surface area contributed by atoms with Gasteiger partial charge in [0, 0.05) is 44.1 Å². The summed E-state index contributed by atoms with van der Waals surface area (Å²) in [6.45, 7) is 4.83. The Morgan fingerprint density at radius 2 is 2.25 bits per heavy atom. The van der Waals surface area contributed by atoms with Crippen LogP contribution in [0.5, 0.6) is 0 Å². The van der Waals surface area contributed by atoms with Crippen molar-refractivity contribution in [1.29, 1.82) is 0 Å². The third-order valence-electron chi connectivity index (χ3n) is 4.17. The molecule has 1 saturated heterocycles. The van der Waals surface area contributed by atoms with Crippen molar-refractivity contribution in [3.63, 3.8) is 0 Å². The van der Waals surface area contributed by atoms with Crippen LogP contribution in [-0.4, -0.2) is 44.1 Å². The van der Waals surface area contributed by atoms with Crippen molar-refractivity contribution >= 4 is 11.8 Å². The summed E-state index contributed by atoms with van der Waals surface area (Å²) in [6, 6.07) is 5.70. The highest BCUT2D eigenvalue weighted by Gasteiger charge is 2.35. The van der Waals surface area contributed by atoms with Crippen molar-refractivity contribution in [3.05, 3.63) is 42.4 Å². The van der Waals surface area contributed by atoms with Gasteiger partial charge in [-0.15, -0.1) is 0 Å². The molecule has 0 radical (unpaired) electrons. The number of carbonyl (C=O) groups is 2. The maximum atomic E-state index is 12.3. The van der Waals surface area contributed by atoms with Gasteiger partial charge >= 0.3 is 0 Å². The zero-order valence-corrected chi connectivity index (χ0v) is 13.8. The SMILES string of the molecule is CC(C)N1C[C@H](C(=O)NCc2ccnc(-n3cccn3)c2)CC1=O. The van der Waals surface area contributed by atoms with Gasteiger partial charge in [-0.25, -0.2) is 9.67 Å². The first-order valence-electron chi connectivity index (χ1n) is 8.06. The molecule has 0 aliphatic carbocycles. The van der Waals surface area contributed by atoms with Crippen molar-refractivity contribution in [3.8, 4) is 5.82 Å². The maximum absolute atomic E-state index is 12.3. The molecule has 1 aliphatic heterocycles. The lowest BCUT2D eigenvalue weighted by molar-refractivity contribution is -0.129. The summed E-state index contributed by atoms with van der Waals surface area (Å²) in [5, 5.41) is 7.06. The predicted octanol–water partition coefficient (Wildman–Crippen LogP) is 1.14. The molecular formula is C17H21N5O2. The van der Waals surface area contributed by atoms with Crippen molar-refractivity contribution in [2.24, 2.45) is 5.92 Å². The number of hydrogen-bond donors (Lipinski definition) is 1. The summed E-state index contributed by atoms with van der Waals surface area (Å²) in [5.74, 6) is 0.403. The van der Waals surface area contributed by atoms with E-state index in [2.05, 4.69) is 15.4 Å². The van der Waals surface area contributed by atoms with E-state index >= 15 is 0 Å². The molecule has 126 valence electrons. The fourth-order valence-corrected chi connectivity index (χ4v) is 2.84. The summed E-state index contributed by atoms with van der Waals surface area (Å²) in [5.41, 5.74) is 0.939. The predicted molar refractivity (Wildman–Crippen MR) is 88.2 cm³/mol. The molecule has 7 nitrogen and oxygen atoms in total. The molecule has 0 saturated carbocycles. The summed E-state index contributed by atoms with van der Waals surface area (Å²) in [4.78, 5) is 30.3. The average molecular weight is 327 g/mol. The van der Waals surface area contributed by atoms with E-state index in [9.17, 15) is 9.59 Å². The standard InChI is InChI=1S/C17H21N5O2/c1-12(2)21-11-14(9-16(21)23)17(24)19-10-13-4-6-18-15(8-13)22-7-3-5-20-22/h3-8,12,14H,9-11H2,1-2H3,(H,19,24)/t14-/m1/s1. The van der Waals surface area contributed by atoms with Crippen LogP contribution < -0.4 is 5.32 Å². The molecule has 3 heterocycles. The molecule has 1 aliphatic rings. The Morgan fingerprint density at radius 3 is 2.92 bits per heavy atom.